The number of para-hydroxylation sites is 1. The Bertz CT molecular complexity index is 294. The van der Waals surface area contributed by atoms with E-state index in [-0.39, 0.29) is 0 Å². The molecule has 0 unspecified atom stereocenters. The first-order valence-corrected chi connectivity index (χ1v) is 6.06. The summed E-state index contributed by atoms with van der Waals surface area (Å²) in [5, 5.41) is 2.27. The van der Waals surface area contributed by atoms with Gasteiger partial charge in [0, 0.05) is 25.4 Å². The molecule has 0 spiro atoms. The third-order valence-corrected chi connectivity index (χ3v) is 2.91. The van der Waals surface area contributed by atoms with Crippen molar-refractivity contribution >= 4 is 5.69 Å². The molecule has 16 heavy (non-hydrogen) atoms. The van der Waals surface area contributed by atoms with Crippen LogP contribution in [0.5, 0.6) is 0 Å². The number of ether oxygens (including phenoxy) is 1. The fourth-order valence-corrected chi connectivity index (χ4v) is 2.07. The SMILES string of the molecule is CCOC1CCN(Nc2ccccc2)CC1. The van der Waals surface area contributed by atoms with E-state index >= 15 is 0 Å². The van der Waals surface area contributed by atoms with Gasteiger partial charge in [-0.05, 0) is 31.9 Å². The van der Waals surface area contributed by atoms with E-state index in [1.807, 2.05) is 6.07 Å². The maximum atomic E-state index is 5.63. The van der Waals surface area contributed by atoms with Crippen LogP contribution in [0.25, 0.3) is 0 Å². The van der Waals surface area contributed by atoms with Crippen molar-refractivity contribution in [2.24, 2.45) is 0 Å². The third kappa shape index (κ3) is 3.22. The second-order valence-corrected chi connectivity index (χ2v) is 4.12. The minimum absolute atomic E-state index is 0.457. The summed E-state index contributed by atoms with van der Waals surface area (Å²) in [5.74, 6) is 0. The Labute approximate surface area is 97.4 Å². The Morgan fingerprint density at radius 2 is 1.94 bits per heavy atom. The van der Waals surface area contributed by atoms with Gasteiger partial charge in [-0.3, -0.25) is 0 Å². The standard InChI is InChI=1S/C13H20N2O/c1-2-16-13-8-10-15(11-9-13)14-12-6-4-3-5-7-12/h3-7,13-14H,2,8-11H2,1H3. The number of piperidine rings is 1. The normalized spacial score (nSPS) is 18.6. The number of nitrogens with one attached hydrogen (secondary N) is 1. The number of hydrogen-bond acceptors (Lipinski definition) is 3. The van der Waals surface area contributed by atoms with E-state index in [9.17, 15) is 0 Å². The van der Waals surface area contributed by atoms with Gasteiger partial charge in [-0.2, -0.15) is 0 Å². The molecule has 1 aromatic rings. The summed E-state index contributed by atoms with van der Waals surface area (Å²) in [5.41, 5.74) is 4.59. The lowest BCUT2D eigenvalue weighted by Crippen LogP contribution is -2.40. The summed E-state index contributed by atoms with van der Waals surface area (Å²) in [6.45, 7) is 5.00. The molecule has 88 valence electrons. The monoisotopic (exact) mass is 220 g/mol. The first-order valence-electron chi connectivity index (χ1n) is 6.06. The number of benzene rings is 1. The molecule has 0 aromatic heterocycles. The maximum Gasteiger partial charge on any atom is 0.0600 e. The first kappa shape index (κ1) is 11.4. The molecule has 1 heterocycles. The Morgan fingerprint density at radius 1 is 1.25 bits per heavy atom. The molecule has 1 fully saturated rings. The van der Waals surface area contributed by atoms with Crippen molar-refractivity contribution < 1.29 is 4.74 Å². The molecular weight excluding hydrogens is 200 g/mol. The molecule has 1 aliphatic rings. The average molecular weight is 220 g/mol. The van der Waals surface area contributed by atoms with Crippen LogP contribution < -0.4 is 5.43 Å². The van der Waals surface area contributed by atoms with Gasteiger partial charge in [0.15, 0.2) is 0 Å². The number of anilines is 1. The fraction of sp³-hybridized carbons (Fsp3) is 0.538. The molecule has 1 aliphatic heterocycles. The van der Waals surface area contributed by atoms with Crippen molar-refractivity contribution in [1.29, 1.82) is 0 Å². The summed E-state index contributed by atoms with van der Waals surface area (Å²) >= 11 is 0. The van der Waals surface area contributed by atoms with Gasteiger partial charge < -0.3 is 10.2 Å². The minimum atomic E-state index is 0.457. The average Bonchev–Trinajstić information content (AvgIpc) is 2.33. The fourth-order valence-electron chi connectivity index (χ4n) is 2.07. The second-order valence-electron chi connectivity index (χ2n) is 4.12. The van der Waals surface area contributed by atoms with Crippen LogP contribution in [0, 0.1) is 0 Å². The van der Waals surface area contributed by atoms with Crippen LogP contribution in [0.3, 0.4) is 0 Å². The van der Waals surface area contributed by atoms with Gasteiger partial charge in [0.05, 0.1) is 6.10 Å². The first-order chi connectivity index (χ1) is 7.88. The van der Waals surface area contributed by atoms with Crippen molar-refractivity contribution in [1.82, 2.24) is 5.01 Å². The quantitative estimate of drug-likeness (QED) is 0.843. The van der Waals surface area contributed by atoms with Crippen molar-refractivity contribution in [2.45, 2.75) is 25.9 Å². The predicted molar refractivity (Wildman–Crippen MR) is 66.3 cm³/mol. The van der Waals surface area contributed by atoms with Gasteiger partial charge in [0.2, 0.25) is 0 Å². The molecule has 0 bridgehead atoms. The molecule has 1 saturated heterocycles. The summed E-state index contributed by atoms with van der Waals surface area (Å²) in [6.07, 6.45) is 2.69. The van der Waals surface area contributed by atoms with Crippen molar-refractivity contribution in [2.75, 3.05) is 25.1 Å². The molecule has 3 heteroatoms. The second kappa shape index (κ2) is 5.87. The summed E-state index contributed by atoms with van der Waals surface area (Å²) < 4.78 is 5.63. The minimum Gasteiger partial charge on any atom is -0.378 e. The maximum absolute atomic E-state index is 5.63. The third-order valence-electron chi connectivity index (χ3n) is 2.91. The van der Waals surface area contributed by atoms with E-state index < -0.39 is 0 Å². The van der Waals surface area contributed by atoms with Crippen LogP contribution in [0.1, 0.15) is 19.8 Å². The van der Waals surface area contributed by atoms with E-state index in [2.05, 4.69) is 41.6 Å². The lowest BCUT2D eigenvalue weighted by atomic mass is 10.1. The number of hydrazine groups is 1. The van der Waals surface area contributed by atoms with Crippen molar-refractivity contribution in [3.8, 4) is 0 Å². The zero-order valence-electron chi connectivity index (χ0n) is 9.86. The van der Waals surface area contributed by atoms with Crippen molar-refractivity contribution in [3.05, 3.63) is 30.3 Å². The summed E-state index contributed by atoms with van der Waals surface area (Å²) in [6, 6.07) is 10.3. The highest BCUT2D eigenvalue weighted by Crippen LogP contribution is 2.15. The Kier molecular flexibility index (Phi) is 4.19. The van der Waals surface area contributed by atoms with Gasteiger partial charge in [-0.25, -0.2) is 5.01 Å². The summed E-state index contributed by atoms with van der Waals surface area (Å²) in [4.78, 5) is 0. The van der Waals surface area contributed by atoms with Crippen LogP contribution in [-0.4, -0.2) is 30.8 Å². The molecular formula is C13H20N2O. The van der Waals surface area contributed by atoms with Crippen LogP contribution in [0.4, 0.5) is 5.69 Å². The van der Waals surface area contributed by atoms with E-state index in [1.54, 1.807) is 0 Å². The highest BCUT2D eigenvalue weighted by molar-refractivity contribution is 5.41. The molecule has 0 amide bonds. The Balaban J connectivity index is 1.77. The van der Waals surface area contributed by atoms with E-state index in [1.165, 1.54) is 0 Å². The van der Waals surface area contributed by atoms with Crippen LogP contribution in [0.15, 0.2) is 30.3 Å². The predicted octanol–water partition coefficient (Wildman–Crippen LogP) is 2.51. The smallest absolute Gasteiger partial charge is 0.0600 e. The molecule has 0 atom stereocenters. The van der Waals surface area contributed by atoms with Gasteiger partial charge >= 0.3 is 0 Å². The number of rotatable bonds is 4. The summed E-state index contributed by atoms with van der Waals surface area (Å²) in [7, 11) is 0. The number of nitrogens with zero attached hydrogens (tertiary/aromatic N) is 1. The van der Waals surface area contributed by atoms with E-state index in [0.29, 0.717) is 6.10 Å². The largest absolute Gasteiger partial charge is 0.378 e. The lowest BCUT2D eigenvalue weighted by molar-refractivity contribution is 0.0194. The molecule has 1 N–H and O–H groups in total. The molecule has 3 nitrogen and oxygen atoms in total. The van der Waals surface area contributed by atoms with Gasteiger partial charge in [0.1, 0.15) is 0 Å². The van der Waals surface area contributed by atoms with Gasteiger partial charge in [0.25, 0.3) is 0 Å². The van der Waals surface area contributed by atoms with E-state index in [4.69, 9.17) is 4.74 Å². The molecule has 0 saturated carbocycles. The zero-order valence-corrected chi connectivity index (χ0v) is 9.86. The molecule has 2 rings (SSSR count). The lowest BCUT2D eigenvalue weighted by Gasteiger charge is -2.32. The zero-order chi connectivity index (χ0) is 11.2. The van der Waals surface area contributed by atoms with Crippen LogP contribution in [-0.2, 0) is 4.74 Å². The topological polar surface area (TPSA) is 24.5 Å². The Hall–Kier alpha value is -1.06. The molecule has 0 radical (unpaired) electrons. The van der Waals surface area contributed by atoms with Gasteiger partial charge in [-0.1, -0.05) is 18.2 Å². The highest BCUT2D eigenvalue weighted by atomic mass is 16.5. The van der Waals surface area contributed by atoms with Crippen LogP contribution in [0.2, 0.25) is 0 Å². The van der Waals surface area contributed by atoms with Crippen LogP contribution >= 0.6 is 0 Å². The Morgan fingerprint density at radius 3 is 2.56 bits per heavy atom. The molecule has 0 aliphatic carbocycles. The van der Waals surface area contributed by atoms with E-state index in [0.717, 1.165) is 38.2 Å². The van der Waals surface area contributed by atoms with Gasteiger partial charge in [-0.15, -0.1) is 0 Å². The highest BCUT2D eigenvalue weighted by Gasteiger charge is 2.18. The van der Waals surface area contributed by atoms with Crippen molar-refractivity contribution in [3.63, 3.8) is 0 Å². The molecule has 1 aromatic carbocycles. The number of hydrogen-bond donors (Lipinski definition) is 1.